The Balaban J connectivity index is 2.31. The lowest BCUT2D eigenvalue weighted by Gasteiger charge is -2.20. The topological polar surface area (TPSA) is 29.5 Å². The third kappa shape index (κ3) is 2.15. The minimum atomic E-state index is -0.140. The molecule has 1 aromatic carbocycles. The molecular formula is C11H12BrNO2. The van der Waals surface area contributed by atoms with E-state index in [-0.39, 0.29) is 4.82 Å². The fraction of sp³-hybridized carbons (Fsp3) is 0.364. The Labute approximate surface area is 97.2 Å². The zero-order chi connectivity index (χ0) is 10.8. The smallest absolute Gasteiger partial charge is 0.293 e. The number of rotatable bonds is 1. The van der Waals surface area contributed by atoms with Gasteiger partial charge in [-0.1, -0.05) is 0 Å². The van der Waals surface area contributed by atoms with Crippen molar-refractivity contribution in [1.82, 2.24) is 0 Å². The lowest BCUT2D eigenvalue weighted by atomic mass is 10.1. The molecule has 0 fully saturated rings. The van der Waals surface area contributed by atoms with Crippen LogP contribution < -0.4 is 9.64 Å². The highest BCUT2D eigenvalue weighted by atomic mass is 79.9. The Kier molecular flexibility index (Phi) is 2.95. The third-order valence-electron chi connectivity index (χ3n) is 2.54. The highest BCUT2D eigenvalue weighted by Gasteiger charge is 2.13. The molecule has 3 nitrogen and oxygen atoms in total. The molecule has 0 unspecified atom stereocenters. The van der Waals surface area contributed by atoms with Crippen LogP contribution in [0.3, 0.4) is 0 Å². The summed E-state index contributed by atoms with van der Waals surface area (Å²) in [7, 11) is 1.74. The quantitative estimate of drug-likeness (QED) is 0.580. The van der Waals surface area contributed by atoms with E-state index in [1.165, 1.54) is 5.56 Å². The van der Waals surface area contributed by atoms with Crippen molar-refractivity contribution in [3.8, 4) is 5.75 Å². The number of hydrogen-bond donors (Lipinski definition) is 0. The van der Waals surface area contributed by atoms with Gasteiger partial charge in [-0.05, 0) is 36.6 Å². The van der Waals surface area contributed by atoms with Gasteiger partial charge in [0, 0.05) is 28.7 Å². The SMILES string of the molecule is CN(C(=O)Br)c1ccc2c(c1)CCCO2. The first-order valence-corrected chi connectivity index (χ1v) is 5.66. The van der Waals surface area contributed by atoms with Crippen LogP contribution in [-0.2, 0) is 6.42 Å². The average molecular weight is 270 g/mol. The number of hydrogen-bond acceptors (Lipinski definition) is 2. The minimum absolute atomic E-state index is 0.140. The van der Waals surface area contributed by atoms with Crippen molar-refractivity contribution in [3.63, 3.8) is 0 Å². The molecule has 1 amide bonds. The van der Waals surface area contributed by atoms with Crippen molar-refractivity contribution in [3.05, 3.63) is 23.8 Å². The van der Waals surface area contributed by atoms with Gasteiger partial charge in [0.1, 0.15) is 5.75 Å². The highest BCUT2D eigenvalue weighted by molar-refractivity contribution is 9.18. The molecule has 0 bridgehead atoms. The number of carbonyl (C=O) groups is 1. The fourth-order valence-electron chi connectivity index (χ4n) is 1.66. The first-order valence-electron chi connectivity index (χ1n) is 4.87. The van der Waals surface area contributed by atoms with Gasteiger partial charge in [-0.15, -0.1) is 0 Å². The molecule has 2 rings (SSSR count). The monoisotopic (exact) mass is 269 g/mol. The van der Waals surface area contributed by atoms with Gasteiger partial charge in [0.05, 0.1) is 6.61 Å². The Morgan fingerprint density at radius 3 is 3.07 bits per heavy atom. The molecule has 0 saturated carbocycles. The second-order valence-corrected chi connectivity index (χ2v) is 4.23. The highest BCUT2D eigenvalue weighted by Crippen LogP contribution is 2.29. The summed E-state index contributed by atoms with van der Waals surface area (Å²) in [5.41, 5.74) is 2.07. The van der Waals surface area contributed by atoms with E-state index in [4.69, 9.17) is 4.74 Å². The van der Waals surface area contributed by atoms with E-state index in [9.17, 15) is 4.79 Å². The minimum Gasteiger partial charge on any atom is -0.493 e. The summed E-state index contributed by atoms with van der Waals surface area (Å²) in [4.78, 5) is 12.5. The summed E-state index contributed by atoms with van der Waals surface area (Å²) in [6.45, 7) is 0.791. The molecule has 0 aromatic heterocycles. The summed E-state index contributed by atoms with van der Waals surface area (Å²) < 4.78 is 5.50. The second-order valence-electron chi connectivity index (χ2n) is 3.56. The molecule has 0 radical (unpaired) electrons. The number of nitrogens with zero attached hydrogens (tertiary/aromatic N) is 1. The largest absolute Gasteiger partial charge is 0.493 e. The molecular weight excluding hydrogens is 258 g/mol. The summed E-state index contributed by atoms with van der Waals surface area (Å²) in [6.07, 6.45) is 2.07. The number of amides is 1. The second kappa shape index (κ2) is 4.23. The first kappa shape index (κ1) is 10.5. The summed E-state index contributed by atoms with van der Waals surface area (Å²) in [6, 6.07) is 5.83. The number of benzene rings is 1. The predicted molar refractivity (Wildman–Crippen MR) is 63.0 cm³/mol. The van der Waals surface area contributed by atoms with Gasteiger partial charge in [0.25, 0.3) is 4.82 Å². The Morgan fingerprint density at radius 2 is 2.33 bits per heavy atom. The van der Waals surface area contributed by atoms with E-state index in [1.54, 1.807) is 11.9 Å². The van der Waals surface area contributed by atoms with Crippen LogP contribution >= 0.6 is 15.9 Å². The zero-order valence-corrected chi connectivity index (χ0v) is 10.1. The molecule has 80 valence electrons. The Bertz CT molecular complexity index is 392. The standard InChI is InChI=1S/C11H12BrNO2/c1-13(11(12)14)9-4-5-10-8(7-9)3-2-6-15-10/h4-5,7H,2-3,6H2,1H3. The average Bonchev–Trinajstić information content (AvgIpc) is 2.27. The molecule has 0 atom stereocenters. The number of carbonyl (C=O) groups excluding carboxylic acids is 1. The van der Waals surface area contributed by atoms with Crippen LogP contribution in [-0.4, -0.2) is 18.5 Å². The van der Waals surface area contributed by atoms with Crippen molar-refractivity contribution in [2.75, 3.05) is 18.6 Å². The Hall–Kier alpha value is -1.03. The van der Waals surface area contributed by atoms with Crippen LogP contribution in [0, 0.1) is 0 Å². The molecule has 15 heavy (non-hydrogen) atoms. The lowest BCUT2D eigenvalue weighted by molar-refractivity contribution is 0.267. The summed E-state index contributed by atoms with van der Waals surface area (Å²) in [5.74, 6) is 0.945. The van der Waals surface area contributed by atoms with E-state index in [0.717, 1.165) is 30.9 Å². The maximum absolute atomic E-state index is 11.1. The van der Waals surface area contributed by atoms with E-state index >= 15 is 0 Å². The number of ether oxygens (including phenoxy) is 1. The molecule has 0 N–H and O–H groups in total. The fourth-order valence-corrected chi connectivity index (χ4v) is 1.86. The zero-order valence-electron chi connectivity index (χ0n) is 8.50. The van der Waals surface area contributed by atoms with Gasteiger partial charge >= 0.3 is 0 Å². The van der Waals surface area contributed by atoms with Crippen LogP contribution in [0.15, 0.2) is 18.2 Å². The van der Waals surface area contributed by atoms with Crippen molar-refractivity contribution in [2.24, 2.45) is 0 Å². The third-order valence-corrected chi connectivity index (χ3v) is 3.08. The van der Waals surface area contributed by atoms with Gasteiger partial charge in [0.2, 0.25) is 0 Å². The molecule has 1 aromatic rings. The van der Waals surface area contributed by atoms with Gasteiger partial charge in [0.15, 0.2) is 0 Å². The van der Waals surface area contributed by atoms with Crippen molar-refractivity contribution in [1.29, 1.82) is 0 Å². The first-order chi connectivity index (χ1) is 7.18. The van der Waals surface area contributed by atoms with Gasteiger partial charge < -0.3 is 9.64 Å². The number of fused-ring (bicyclic) bond motifs is 1. The summed E-state index contributed by atoms with van der Waals surface area (Å²) in [5, 5.41) is 0. The predicted octanol–water partition coefficient (Wildman–Crippen LogP) is 2.96. The molecule has 0 spiro atoms. The maximum Gasteiger partial charge on any atom is 0.293 e. The van der Waals surface area contributed by atoms with E-state index < -0.39 is 0 Å². The van der Waals surface area contributed by atoms with Crippen molar-refractivity contribution >= 4 is 26.4 Å². The van der Waals surface area contributed by atoms with E-state index in [0.29, 0.717) is 0 Å². The molecule has 0 saturated heterocycles. The number of aryl methyl sites for hydroxylation is 1. The molecule has 1 aliphatic rings. The van der Waals surface area contributed by atoms with E-state index in [2.05, 4.69) is 15.9 Å². The van der Waals surface area contributed by atoms with Crippen molar-refractivity contribution < 1.29 is 9.53 Å². The van der Waals surface area contributed by atoms with Crippen LogP contribution in [0.1, 0.15) is 12.0 Å². The van der Waals surface area contributed by atoms with Crippen LogP contribution in [0.5, 0.6) is 5.75 Å². The van der Waals surface area contributed by atoms with Crippen LogP contribution in [0.2, 0.25) is 0 Å². The van der Waals surface area contributed by atoms with Gasteiger partial charge in [-0.25, -0.2) is 0 Å². The van der Waals surface area contributed by atoms with Gasteiger partial charge in [-0.3, -0.25) is 4.79 Å². The Morgan fingerprint density at radius 1 is 1.53 bits per heavy atom. The number of anilines is 1. The maximum atomic E-state index is 11.1. The molecule has 4 heteroatoms. The van der Waals surface area contributed by atoms with Crippen LogP contribution in [0.4, 0.5) is 10.5 Å². The van der Waals surface area contributed by atoms with E-state index in [1.807, 2.05) is 18.2 Å². The lowest BCUT2D eigenvalue weighted by Crippen LogP contribution is -2.19. The summed E-state index contributed by atoms with van der Waals surface area (Å²) >= 11 is 2.93. The molecule has 1 heterocycles. The van der Waals surface area contributed by atoms with Crippen molar-refractivity contribution in [2.45, 2.75) is 12.8 Å². The van der Waals surface area contributed by atoms with Gasteiger partial charge in [-0.2, -0.15) is 0 Å². The molecule has 0 aliphatic carbocycles. The normalized spacial score (nSPS) is 14.0. The molecule has 1 aliphatic heterocycles. The number of halogens is 1. The van der Waals surface area contributed by atoms with Crippen LogP contribution in [0.25, 0.3) is 0 Å².